The molecule has 7 nitrogen and oxygen atoms in total. The molecule has 2 aromatic heterocycles. The number of hydrogen-bond donors (Lipinski definition) is 0. The Morgan fingerprint density at radius 3 is 2.62 bits per heavy atom. The maximum atomic E-state index is 12.1. The second-order valence-electron chi connectivity index (χ2n) is 6.99. The largest absolute Gasteiger partial charge is 0.444 e. The average molecular weight is 329 g/mol. The van der Waals surface area contributed by atoms with Crippen LogP contribution >= 0.6 is 0 Å². The first-order chi connectivity index (χ1) is 11.4. The van der Waals surface area contributed by atoms with E-state index in [-0.39, 0.29) is 12.1 Å². The molecule has 1 amide bonds. The van der Waals surface area contributed by atoms with E-state index in [4.69, 9.17) is 4.74 Å². The summed E-state index contributed by atoms with van der Waals surface area (Å²) < 4.78 is 5.42. The van der Waals surface area contributed by atoms with E-state index in [0.717, 1.165) is 24.1 Å². The standard InChI is InChI=1S/C17H23N5O2/c1-17(2,3)24-16(23)21-9-6-14(7-10-21)22-19-12-15(20-22)13-5-4-8-18-11-13/h4-5,8,11-12,14H,6-7,9-10H2,1-3H3. The molecule has 0 unspecified atom stereocenters. The Hall–Kier alpha value is -2.44. The number of aromatic nitrogens is 4. The van der Waals surface area contributed by atoms with E-state index in [9.17, 15) is 4.79 Å². The topological polar surface area (TPSA) is 73.1 Å². The third-order valence-electron chi connectivity index (χ3n) is 3.91. The first-order valence-electron chi connectivity index (χ1n) is 8.22. The summed E-state index contributed by atoms with van der Waals surface area (Å²) in [7, 11) is 0. The SMILES string of the molecule is CC(C)(C)OC(=O)N1CCC(n2ncc(-c3cccnc3)n2)CC1. The summed E-state index contributed by atoms with van der Waals surface area (Å²) in [6.45, 7) is 6.95. The molecule has 1 aliphatic heterocycles. The van der Waals surface area contributed by atoms with Gasteiger partial charge in [0.15, 0.2) is 0 Å². The highest BCUT2D eigenvalue weighted by atomic mass is 16.6. The molecule has 0 bridgehead atoms. The molecule has 1 aliphatic rings. The number of amides is 1. The van der Waals surface area contributed by atoms with Crippen LogP contribution in [0.3, 0.4) is 0 Å². The Labute approximate surface area is 141 Å². The van der Waals surface area contributed by atoms with Crippen molar-refractivity contribution in [1.29, 1.82) is 0 Å². The number of likely N-dealkylation sites (tertiary alicyclic amines) is 1. The molecule has 3 heterocycles. The number of carbonyl (C=O) groups excluding carboxylic acids is 1. The Kier molecular flexibility index (Phi) is 4.51. The molecular formula is C17H23N5O2. The van der Waals surface area contributed by atoms with Crippen LogP contribution in [-0.2, 0) is 4.74 Å². The fraction of sp³-hybridized carbons (Fsp3) is 0.529. The summed E-state index contributed by atoms with van der Waals surface area (Å²) in [6, 6.07) is 4.05. The lowest BCUT2D eigenvalue weighted by molar-refractivity contribution is 0.0180. The van der Waals surface area contributed by atoms with Crippen molar-refractivity contribution in [3.8, 4) is 11.3 Å². The van der Waals surface area contributed by atoms with Crippen molar-refractivity contribution >= 4 is 6.09 Å². The number of ether oxygens (including phenoxy) is 1. The minimum Gasteiger partial charge on any atom is -0.444 e. The minimum atomic E-state index is -0.462. The monoisotopic (exact) mass is 329 g/mol. The van der Waals surface area contributed by atoms with E-state index >= 15 is 0 Å². The third-order valence-corrected chi connectivity index (χ3v) is 3.91. The van der Waals surface area contributed by atoms with Gasteiger partial charge < -0.3 is 9.64 Å². The maximum Gasteiger partial charge on any atom is 0.410 e. The Morgan fingerprint density at radius 1 is 1.25 bits per heavy atom. The molecule has 1 fully saturated rings. The van der Waals surface area contributed by atoms with Gasteiger partial charge in [-0.25, -0.2) is 4.79 Å². The van der Waals surface area contributed by atoms with Crippen LogP contribution in [0.2, 0.25) is 0 Å². The molecule has 7 heteroatoms. The molecule has 2 aromatic rings. The number of carbonyl (C=O) groups is 1. The number of nitrogens with zero attached hydrogens (tertiary/aromatic N) is 5. The van der Waals surface area contributed by atoms with Gasteiger partial charge in [0.2, 0.25) is 0 Å². The van der Waals surface area contributed by atoms with Gasteiger partial charge in [0.05, 0.1) is 12.2 Å². The lowest BCUT2D eigenvalue weighted by atomic mass is 10.1. The lowest BCUT2D eigenvalue weighted by Crippen LogP contribution is -2.42. The number of pyridine rings is 1. The zero-order chi connectivity index (χ0) is 17.2. The molecule has 24 heavy (non-hydrogen) atoms. The van der Waals surface area contributed by atoms with Crippen LogP contribution in [0.4, 0.5) is 4.79 Å². The van der Waals surface area contributed by atoms with E-state index in [0.29, 0.717) is 13.1 Å². The molecular weight excluding hydrogens is 306 g/mol. The molecule has 128 valence electrons. The fourth-order valence-corrected chi connectivity index (χ4v) is 2.70. The van der Waals surface area contributed by atoms with Crippen LogP contribution in [-0.4, -0.2) is 49.7 Å². The van der Waals surface area contributed by atoms with Crippen LogP contribution in [0.5, 0.6) is 0 Å². The molecule has 0 saturated carbocycles. The Morgan fingerprint density at radius 2 is 2.00 bits per heavy atom. The van der Waals surface area contributed by atoms with Gasteiger partial charge in [-0.2, -0.15) is 15.0 Å². The average Bonchev–Trinajstić information content (AvgIpc) is 3.04. The van der Waals surface area contributed by atoms with Crippen molar-refractivity contribution in [2.75, 3.05) is 13.1 Å². The molecule has 3 rings (SSSR count). The van der Waals surface area contributed by atoms with Gasteiger partial charge in [0.25, 0.3) is 0 Å². The highest BCUT2D eigenvalue weighted by molar-refractivity contribution is 5.68. The predicted octanol–water partition coefficient (Wildman–Crippen LogP) is 2.91. The molecule has 0 aromatic carbocycles. The van der Waals surface area contributed by atoms with E-state index in [2.05, 4.69) is 15.2 Å². The second kappa shape index (κ2) is 6.59. The summed E-state index contributed by atoms with van der Waals surface area (Å²) in [4.78, 5) is 19.7. The van der Waals surface area contributed by atoms with E-state index in [1.807, 2.05) is 32.9 Å². The third kappa shape index (κ3) is 3.90. The number of rotatable bonds is 2. The molecule has 1 saturated heterocycles. The Balaban J connectivity index is 1.59. The summed E-state index contributed by atoms with van der Waals surface area (Å²) in [5.74, 6) is 0. The van der Waals surface area contributed by atoms with Crippen molar-refractivity contribution < 1.29 is 9.53 Å². The fourth-order valence-electron chi connectivity index (χ4n) is 2.70. The van der Waals surface area contributed by atoms with Crippen molar-refractivity contribution in [1.82, 2.24) is 24.9 Å². The summed E-state index contributed by atoms with van der Waals surface area (Å²) in [5, 5.41) is 8.95. The van der Waals surface area contributed by atoms with Crippen LogP contribution in [0.15, 0.2) is 30.7 Å². The maximum absolute atomic E-state index is 12.1. The van der Waals surface area contributed by atoms with Gasteiger partial charge in [0, 0.05) is 31.0 Å². The quantitative estimate of drug-likeness (QED) is 0.847. The normalized spacial score (nSPS) is 16.2. The van der Waals surface area contributed by atoms with Crippen molar-refractivity contribution in [3.63, 3.8) is 0 Å². The zero-order valence-corrected chi connectivity index (χ0v) is 14.3. The first kappa shape index (κ1) is 16.4. The predicted molar refractivity (Wildman–Crippen MR) is 89.3 cm³/mol. The smallest absolute Gasteiger partial charge is 0.410 e. The van der Waals surface area contributed by atoms with Crippen LogP contribution in [0.1, 0.15) is 39.7 Å². The van der Waals surface area contributed by atoms with Crippen LogP contribution in [0.25, 0.3) is 11.3 Å². The summed E-state index contributed by atoms with van der Waals surface area (Å²) >= 11 is 0. The van der Waals surface area contributed by atoms with Crippen LogP contribution in [0, 0.1) is 0 Å². The Bertz CT molecular complexity index is 685. The number of hydrogen-bond acceptors (Lipinski definition) is 5. The van der Waals surface area contributed by atoms with Gasteiger partial charge in [0.1, 0.15) is 11.3 Å². The highest BCUT2D eigenvalue weighted by Gasteiger charge is 2.28. The molecule has 0 aliphatic carbocycles. The highest BCUT2D eigenvalue weighted by Crippen LogP contribution is 2.24. The zero-order valence-electron chi connectivity index (χ0n) is 14.3. The van der Waals surface area contributed by atoms with Gasteiger partial charge in [-0.3, -0.25) is 4.98 Å². The van der Waals surface area contributed by atoms with E-state index in [1.54, 1.807) is 28.3 Å². The number of piperidine rings is 1. The van der Waals surface area contributed by atoms with Gasteiger partial charge in [-0.1, -0.05) is 0 Å². The van der Waals surface area contributed by atoms with E-state index in [1.165, 1.54) is 0 Å². The van der Waals surface area contributed by atoms with Crippen molar-refractivity contribution in [3.05, 3.63) is 30.7 Å². The second-order valence-corrected chi connectivity index (χ2v) is 6.99. The van der Waals surface area contributed by atoms with Gasteiger partial charge >= 0.3 is 6.09 Å². The summed E-state index contributed by atoms with van der Waals surface area (Å²) in [5.41, 5.74) is 1.31. The van der Waals surface area contributed by atoms with Crippen molar-refractivity contribution in [2.24, 2.45) is 0 Å². The van der Waals surface area contributed by atoms with E-state index < -0.39 is 5.60 Å². The van der Waals surface area contributed by atoms with Gasteiger partial charge in [-0.05, 0) is 45.7 Å². The minimum absolute atomic E-state index is 0.203. The molecule has 0 radical (unpaired) electrons. The first-order valence-corrected chi connectivity index (χ1v) is 8.22. The summed E-state index contributed by atoms with van der Waals surface area (Å²) in [6.07, 6.45) is 6.67. The molecule has 0 atom stereocenters. The van der Waals surface area contributed by atoms with Crippen LogP contribution < -0.4 is 0 Å². The van der Waals surface area contributed by atoms with Gasteiger partial charge in [-0.15, -0.1) is 0 Å². The van der Waals surface area contributed by atoms with Crippen molar-refractivity contribution in [2.45, 2.75) is 45.3 Å². The molecule has 0 spiro atoms. The molecule has 0 N–H and O–H groups in total. The lowest BCUT2D eigenvalue weighted by Gasteiger charge is -2.32.